The van der Waals surface area contributed by atoms with Gasteiger partial charge in [-0.1, -0.05) is 198 Å². The van der Waals surface area contributed by atoms with E-state index in [9.17, 15) is 9.90 Å². The lowest BCUT2D eigenvalue weighted by atomic mass is 9.87. The summed E-state index contributed by atoms with van der Waals surface area (Å²) in [5.41, 5.74) is 0.758. The monoisotopic (exact) mass is 766 g/mol. The van der Waals surface area contributed by atoms with Crippen molar-refractivity contribution in [1.82, 2.24) is 14.8 Å². The number of hydrogen-bond donors (Lipinski definition) is 1. The molecule has 304 valence electrons. The van der Waals surface area contributed by atoms with Crippen LogP contribution < -0.4 is 0 Å². The fourth-order valence-corrected chi connectivity index (χ4v) is 8.23. The maximum absolute atomic E-state index is 12.8. The number of rotatable bonds is 35. The van der Waals surface area contributed by atoms with Crippen LogP contribution in [-0.2, 0) is 4.79 Å². The quantitative estimate of drug-likeness (QED) is 0.0421. The molecule has 1 aromatic rings. The van der Waals surface area contributed by atoms with Crippen LogP contribution in [0.2, 0.25) is 0 Å². The Labute approximate surface area is 333 Å². The molecule has 0 spiro atoms. The van der Waals surface area contributed by atoms with Crippen LogP contribution >= 0.6 is 11.5 Å². The van der Waals surface area contributed by atoms with Crippen LogP contribution in [0.5, 0.6) is 0 Å². The Bertz CT molecular complexity index is 1240. The largest absolute Gasteiger partial charge is 0.506 e. The predicted octanol–water partition coefficient (Wildman–Crippen LogP) is 13.1. The topological polar surface area (TPSA) is 104 Å². The Morgan fingerprint density at radius 3 is 1.22 bits per heavy atom. The predicted molar refractivity (Wildman–Crippen MR) is 230 cm³/mol. The zero-order valence-electron chi connectivity index (χ0n) is 34.6. The van der Waals surface area contributed by atoms with E-state index in [1.54, 1.807) is 12.4 Å². The van der Waals surface area contributed by atoms with Crippen LogP contribution in [0.1, 0.15) is 224 Å². The molecule has 1 aliphatic heterocycles. The molecular formula is C45H77N6O2S+. The minimum atomic E-state index is -0.286. The number of aliphatic hydroxyl groups is 1. The van der Waals surface area contributed by atoms with E-state index in [1.807, 2.05) is 0 Å². The van der Waals surface area contributed by atoms with Crippen LogP contribution in [0.25, 0.3) is 5.57 Å². The average Bonchev–Trinajstić information content (AvgIpc) is 3.71. The summed E-state index contributed by atoms with van der Waals surface area (Å²) in [5, 5.41) is 18.3. The Morgan fingerprint density at radius 2 is 0.907 bits per heavy atom. The highest BCUT2D eigenvalue weighted by molar-refractivity contribution is 7.07. The number of ketones is 1. The summed E-state index contributed by atoms with van der Waals surface area (Å²) < 4.78 is 6.09. The van der Waals surface area contributed by atoms with E-state index in [4.69, 9.17) is 4.99 Å². The number of aliphatic imine (C=N–C) groups is 2. The minimum absolute atomic E-state index is 0.0983. The number of amidine groups is 1. The SMILES string of the molecule is CCCCCCCCCCCCCCCCCC[N+](CCCCCCCCCCCCCCCCCC)=C1C=NC(=C2C(=O)C(c3nnns3)=C2O)C=N1. The van der Waals surface area contributed by atoms with Crippen molar-refractivity contribution in [3.8, 4) is 0 Å². The van der Waals surface area contributed by atoms with E-state index in [2.05, 4.69) is 38.2 Å². The summed E-state index contributed by atoms with van der Waals surface area (Å²) in [7, 11) is 0. The van der Waals surface area contributed by atoms with Crippen LogP contribution in [0.4, 0.5) is 0 Å². The third-order valence-corrected chi connectivity index (χ3v) is 11.8. The third-order valence-electron chi connectivity index (χ3n) is 11.2. The number of allylic oxidation sites excluding steroid dienone is 3. The summed E-state index contributed by atoms with van der Waals surface area (Å²) in [5.74, 6) is 0.468. The Kier molecular flexibility index (Phi) is 26.0. The van der Waals surface area contributed by atoms with Crippen molar-refractivity contribution >= 4 is 41.2 Å². The first kappa shape index (κ1) is 45.8. The summed E-state index contributed by atoms with van der Waals surface area (Å²) in [6.07, 6.45) is 47.2. The molecular weight excluding hydrogens is 689 g/mol. The van der Waals surface area contributed by atoms with Gasteiger partial charge in [-0.05, 0) is 35.9 Å². The Balaban J connectivity index is 1.34. The molecule has 0 bridgehead atoms. The van der Waals surface area contributed by atoms with Gasteiger partial charge in [-0.25, -0.2) is 4.99 Å². The van der Waals surface area contributed by atoms with Crippen molar-refractivity contribution in [3.05, 3.63) is 22.0 Å². The fraction of sp³-hybridized carbons (Fsp3) is 0.800. The molecule has 3 rings (SSSR count). The number of nitrogens with zero attached hydrogens (tertiary/aromatic N) is 6. The van der Waals surface area contributed by atoms with E-state index in [1.165, 1.54) is 193 Å². The van der Waals surface area contributed by atoms with E-state index < -0.39 is 0 Å². The van der Waals surface area contributed by atoms with Gasteiger partial charge in [-0.3, -0.25) is 9.37 Å². The van der Waals surface area contributed by atoms with Gasteiger partial charge in [0.15, 0.2) is 11.2 Å². The number of aromatic nitrogens is 3. The summed E-state index contributed by atoms with van der Waals surface area (Å²) >= 11 is 0.993. The van der Waals surface area contributed by atoms with Crippen molar-refractivity contribution in [2.24, 2.45) is 9.98 Å². The first-order valence-electron chi connectivity index (χ1n) is 22.7. The second-order valence-corrected chi connectivity index (χ2v) is 16.7. The highest BCUT2D eigenvalue weighted by Gasteiger charge is 2.40. The first-order valence-corrected chi connectivity index (χ1v) is 23.5. The lowest BCUT2D eigenvalue weighted by Crippen LogP contribution is -2.27. The maximum Gasteiger partial charge on any atom is 0.336 e. The normalized spacial score (nSPS) is 15.5. The van der Waals surface area contributed by atoms with Crippen molar-refractivity contribution < 1.29 is 14.5 Å². The molecule has 54 heavy (non-hydrogen) atoms. The van der Waals surface area contributed by atoms with Crippen LogP contribution in [0, 0.1) is 0 Å². The van der Waals surface area contributed by atoms with Crippen molar-refractivity contribution in [3.63, 3.8) is 0 Å². The lowest BCUT2D eigenvalue weighted by molar-refractivity contribution is -0.528. The molecule has 1 N–H and O–H groups in total. The van der Waals surface area contributed by atoms with Crippen LogP contribution in [-0.4, -0.2) is 61.6 Å². The Morgan fingerprint density at radius 1 is 0.519 bits per heavy atom. The van der Waals surface area contributed by atoms with Gasteiger partial charge < -0.3 is 5.11 Å². The number of aliphatic hydroxyl groups excluding tert-OH is 1. The highest BCUT2D eigenvalue weighted by atomic mass is 32.1. The molecule has 2 aliphatic rings. The molecule has 0 saturated heterocycles. The first-order chi connectivity index (χ1) is 26.7. The standard InChI is InChI=1S/C45H76N6O2S/c1-3-5-7-9-11-13-15-17-19-21-23-25-27-29-31-33-35-51(36-34-32-30-28-26-24-22-20-18-16-14-12-10-8-6-4-2)40-38-46-39(37-47-40)41-43(52)42(44(41)53)45-48-49-50-54-45/h37-38H,3-36H2,1-2H3/p+1. The molecule has 1 aliphatic carbocycles. The van der Waals surface area contributed by atoms with Crippen LogP contribution in [0.3, 0.4) is 0 Å². The van der Waals surface area contributed by atoms with E-state index in [0.717, 1.165) is 43.3 Å². The Hall–Kier alpha value is -2.55. The number of Topliss-reactive ketones (excluding diaryl/α,β-unsaturated/α-hetero) is 1. The van der Waals surface area contributed by atoms with Gasteiger partial charge in [0.25, 0.3) is 0 Å². The zero-order chi connectivity index (χ0) is 38.3. The minimum Gasteiger partial charge on any atom is -0.506 e. The molecule has 0 aromatic carbocycles. The number of carbonyl (C=O) groups is 1. The van der Waals surface area contributed by atoms with Gasteiger partial charge in [0.1, 0.15) is 23.2 Å². The molecule has 1 aromatic heterocycles. The summed E-state index contributed by atoms with van der Waals surface area (Å²) in [4.78, 5) is 22.1. The van der Waals surface area contributed by atoms with Gasteiger partial charge in [0, 0.05) is 11.5 Å². The molecule has 0 amide bonds. The lowest BCUT2D eigenvalue weighted by Gasteiger charge is -2.19. The average molecular weight is 766 g/mol. The summed E-state index contributed by atoms with van der Waals surface area (Å²) in [6.45, 7) is 6.53. The van der Waals surface area contributed by atoms with Crippen molar-refractivity contribution in [2.75, 3.05) is 13.1 Å². The molecule has 2 heterocycles. The van der Waals surface area contributed by atoms with Gasteiger partial charge >= 0.3 is 5.84 Å². The van der Waals surface area contributed by atoms with E-state index in [0.29, 0.717) is 10.7 Å². The fourth-order valence-electron chi connectivity index (χ4n) is 7.72. The van der Waals surface area contributed by atoms with Gasteiger partial charge in [-0.15, -0.1) is 5.10 Å². The zero-order valence-corrected chi connectivity index (χ0v) is 35.5. The molecule has 0 radical (unpaired) electrons. The maximum atomic E-state index is 12.8. The van der Waals surface area contributed by atoms with E-state index in [-0.39, 0.29) is 22.7 Å². The second-order valence-electron chi connectivity index (χ2n) is 15.9. The highest BCUT2D eigenvalue weighted by Crippen LogP contribution is 2.38. The molecule has 0 fully saturated rings. The molecule has 0 atom stereocenters. The molecule has 8 nitrogen and oxygen atoms in total. The van der Waals surface area contributed by atoms with Gasteiger partial charge in [-0.2, -0.15) is 0 Å². The molecule has 0 unspecified atom stereocenters. The number of hydrogen-bond acceptors (Lipinski definition) is 7. The van der Waals surface area contributed by atoms with Crippen molar-refractivity contribution in [2.45, 2.75) is 219 Å². The molecule has 9 heteroatoms. The second kappa shape index (κ2) is 30.6. The number of carbonyl (C=O) groups excluding carboxylic acids is 1. The van der Waals surface area contributed by atoms with Gasteiger partial charge in [0.2, 0.25) is 5.78 Å². The smallest absolute Gasteiger partial charge is 0.336 e. The number of unbranched alkanes of at least 4 members (excludes halogenated alkanes) is 30. The van der Waals surface area contributed by atoms with Crippen LogP contribution in [0.15, 0.2) is 27.0 Å². The molecule has 0 saturated carbocycles. The van der Waals surface area contributed by atoms with Crippen molar-refractivity contribution in [1.29, 1.82) is 0 Å². The third kappa shape index (κ3) is 18.9. The summed E-state index contributed by atoms with van der Waals surface area (Å²) in [6, 6.07) is 0. The van der Waals surface area contributed by atoms with E-state index >= 15 is 0 Å². The van der Waals surface area contributed by atoms with Gasteiger partial charge in [0.05, 0.1) is 18.7 Å².